The Hall–Kier alpha value is -1.63. The van der Waals surface area contributed by atoms with Gasteiger partial charge in [0.15, 0.2) is 8.30 Å². The predicted octanol–water partition coefficient (Wildman–Crippen LogP) is 5.01. The number of nitrogens with one attached hydrogen (secondary N) is 1. The Morgan fingerprint density at radius 3 is 2.69 bits per heavy atom. The van der Waals surface area contributed by atoms with E-state index in [0.717, 1.165) is 25.7 Å². The van der Waals surface area contributed by atoms with Crippen LogP contribution in [-0.4, -0.2) is 34.6 Å². The Kier molecular flexibility index (Phi) is 8.23. The molecular weight excluding hydrogens is 458 g/mol. The maximum atomic E-state index is 13.6. The van der Waals surface area contributed by atoms with E-state index >= 15 is 0 Å². The highest BCUT2D eigenvalue weighted by atomic mass is 35.5. The van der Waals surface area contributed by atoms with Crippen LogP contribution >= 0.6 is 19.9 Å². The molecule has 3 saturated carbocycles. The van der Waals surface area contributed by atoms with Crippen molar-refractivity contribution in [2.24, 2.45) is 10.4 Å². The molecule has 0 spiro atoms. The second-order valence-electron chi connectivity index (χ2n) is 9.23. The van der Waals surface area contributed by atoms with Gasteiger partial charge in [0, 0.05) is 19.0 Å². The van der Waals surface area contributed by atoms with Crippen LogP contribution in [0.15, 0.2) is 23.1 Å². The van der Waals surface area contributed by atoms with E-state index in [0.29, 0.717) is 24.8 Å². The fourth-order valence-electron chi connectivity index (χ4n) is 4.75. The highest BCUT2D eigenvalue weighted by Crippen LogP contribution is 2.53. The van der Waals surface area contributed by atoms with Crippen LogP contribution in [0.2, 0.25) is 5.02 Å². The molecular formula is C22H29ClFN2O5P. The van der Waals surface area contributed by atoms with Crippen molar-refractivity contribution in [1.29, 1.82) is 0 Å². The number of amides is 1. The van der Waals surface area contributed by atoms with Gasteiger partial charge in [0.2, 0.25) is 5.91 Å². The van der Waals surface area contributed by atoms with Gasteiger partial charge >= 0.3 is 5.97 Å². The number of carbonyl (C=O) groups excluding carboxylic acids is 2. The van der Waals surface area contributed by atoms with Crippen LogP contribution in [0.3, 0.4) is 0 Å². The van der Waals surface area contributed by atoms with Crippen LogP contribution < -0.4 is 5.32 Å². The number of fused-ring (bicyclic) bond motifs is 3. The van der Waals surface area contributed by atoms with Crippen molar-refractivity contribution in [3.63, 3.8) is 0 Å². The summed E-state index contributed by atoms with van der Waals surface area (Å²) in [6, 6.07) is 4.52. The lowest BCUT2D eigenvalue weighted by Crippen LogP contribution is -2.65. The van der Waals surface area contributed by atoms with Gasteiger partial charge in [-0.15, -0.1) is 4.91 Å². The summed E-state index contributed by atoms with van der Waals surface area (Å²) in [6.45, 7) is 2.18. The third kappa shape index (κ3) is 6.24. The number of rotatable bonds is 10. The molecule has 3 aliphatic carbocycles. The van der Waals surface area contributed by atoms with Crippen molar-refractivity contribution in [1.82, 2.24) is 5.32 Å². The summed E-state index contributed by atoms with van der Waals surface area (Å²) in [5.41, 5.74) is 0.180. The minimum atomic E-state index is -1.92. The summed E-state index contributed by atoms with van der Waals surface area (Å²) >= 11 is 5.71. The van der Waals surface area contributed by atoms with Crippen molar-refractivity contribution in [2.45, 2.75) is 76.4 Å². The largest absolute Gasteiger partial charge is 0.460 e. The molecule has 2 unspecified atom stereocenters. The number of nitroso groups, excluding NO2 is 1. The highest BCUT2D eigenvalue weighted by Gasteiger charge is 2.55. The van der Waals surface area contributed by atoms with E-state index in [1.807, 2.05) is 0 Å². The summed E-state index contributed by atoms with van der Waals surface area (Å²) in [7, 11) is -1.92. The molecule has 1 aromatic carbocycles. The fourth-order valence-corrected chi connectivity index (χ4v) is 5.39. The van der Waals surface area contributed by atoms with Crippen LogP contribution in [0.4, 0.5) is 4.39 Å². The van der Waals surface area contributed by atoms with E-state index in [2.05, 4.69) is 17.2 Å². The van der Waals surface area contributed by atoms with E-state index in [4.69, 9.17) is 16.3 Å². The zero-order chi connectivity index (χ0) is 23.4. The third-order valence-corrected chi connectivity index (χ3v) is 7.98. The molecule has 1 aromatic rings. The fraction of sp³-hybridized carbons (Fsp3) is 0.636. The molecule has 2 atom stereocenters. The van der Waals surface area contributed by atoms with E-state index < -0.39 is 31.7 Å². The molecule has 10 heteroatoms. The monoisotopic (exact) mass is 486 g/mol. The van der Waals surface area contributed by atoms with Crippen molar-refractivity contribution >= 4 is 31.8 Å². The van der Waals surface area contributed by atoms with E-state index in [1.54, 1.807) is 6.07 Å². The molecule has 0 saturated heterocycles. The minimum Gasteiger partial charge on any atom is -0.460 e. The van der Waals surface area contributed by atoms with Crippen molar-refractivity contribution in [2.75, 3.05) is 6.16 Å². The minimum absolute atomic E-state index is 0.0484. The second kappa shape index (κ2) is 10.5. The number of ether oxygens (including phenoxy) is 1. The number of hydrogen-bond acceptors (Lipinski definition) is 6. The molecule has 176 valence electrons. The molecule has 1 amide bonds. The highest BCUT2D eigenvalue weighted by molar-refractivity contribution is 7.49. The van der Waals surface area contributed by atoms with Crippen LogP contribution in [-0.2, 0) is 20.7 Å². The molecule has 4 rings (SSSR count). The topological polar surface area (TPSA) is 105 Å². The SMILES string of the molecule is CC12CCC(NC(=O)CCc3ccc(Cl)c(F)c3)(CC1)C(OC(=O)CCCP(O)N=O)C2. The average Bonchev–Trinajstić information content (AvgIpc) is 2.75. The number of aryl methyl sites for hydroxylation is 1. The Bertz CT molecular complexity index is 863. The third-order valence-electron chi connectivity index (χ3n) is 6.76. The number of hydrogen-bond donors (Lipinski definition) is 2. The average molecular weight is 487 g/mol. The number of benzene rings is 1. The Labute approximate surface area is 193 Å². The van der Waals surface area contributed by atoms with Crippen molar-refractivity contribution in [3.05, 3.63) is 39.5 Å². The second-order valence-corrected chi connectivity index (χ2v) is 11.0. The first-order valence-electron chi connectivity index (χ1n) is 10.9. The first kappa shape index (κ1) is 25.0. The maximum Gasteiger partial charge on any atom is 0.306 e. The van der Waals surface area contributed by atoms with E-state index in [-0.39, 0.29) is 35.3 Å². The standard InChI is InChI=1S/C22H29ClFN2O5P/c1-21-8-10-22(11-9-21,18(14-21)31-20(28)3-2-12-32(30)26-29)25-19(27)7-5-15-4-6-16(23)17(24)13-15/h4,6,13,18,30H,2-3,5,7-12,14H2,1H3,(H,25,27). The van der Waals surface area contributed by atoms with Gasteiger partial charge in [-0.3, -0.25) is 9.59 Å². The Morgan fingerprint density at radius 1 is 1.31 bits per heavy atom. The summed E-state index contributed by atoms with van der Waals surface area (Å²) in [5, 5.41) is 3.19. The van der Waals surface area contributed by atoms with Gasteiger partial charge < -0.3 is 14.9 Å². The lowest BCUT2D eigenvalue weighted by Gasteiger charge is -2.56. The molecule has 0 radical (unpaired) electrons. The van der Waals surface area contributed by atoms with Gasteiger partial charge in [-0.2, -0.15) is 0 Å². The normalized spacial score (nSPS) is 27.6. The number of esters is 1. The smallest absolute Gasteiger partial charge is 0.306 e. The molecule has 2 N–H and O–H groups in total. The molecule has 0 aromatic heterocycles. The predicted molar refractivity (Wildman–Crippen MR) is 121 cm³/mol. The first-order valence-corrected chi connectivity index (χ1v) is 12.7. The van der Waals surface area contributed by atoms with Crippen LogP contribution in [0.25, 0.3) is 0 Å². The van der Waals surface area contributed by atoms with Crippen molar-refractivity contribution in [3.8, 4) is 0 Å². The number of nitrogens with zero attached hydrogens (tertiary/aromatic N) is 1. The van der Waals surface area contributed by atoms with Crippen molar-refractivity contribution < 1.29 is 23.6 Å². The van der Waals surface area contributed by atoms with Crippen LogP contribution in [0.5, 0.6) is 0 Å². The first-order chi connectivity index (χ1) is 15.1. The summed E-state index contributed by atoms with van der Waals surface area (Å²) in [5.74, 6) is -1.06. The summed E-state index contributed by atoms with van der Waals surface area (Å²) in [4.78, 5) is 47.3. The summed E-state index contributed by atoms with van der Waals surface area (Å²) < 4.78 is 19.4. The van der Waals surface area contributed by atoms with Gasteiger partial charge in [0.05, 0.1) is 10.6 Å². The molecule has 3 aliphatic rings. The van der Waals surface area contributed by atoms with Gasteiger partial charge in [-0.25, -0.2) is 4.39 Å². The maximum absolute atomic E-state index is 13.6. The van der Waals surface area contributed by atoms with Gasteiger partial charge in [-0.1, -0.05) is 24.6 Å². The van der Waals surface area contributed by atoms with Crippen LogP contribution in [0.1, 0.15) is 63.9 Å². The zero-order valence-corrected chi connectivity index (χ0v) is 19.8. The summed E-state index contributed by atoms with van der Waals surface area (Å²) in [6.07, 6.45) is 4.80. The molecule has 0 heterocycles. The van der Waals surface area contributed by atoms with E-state index in [9.17, 15) is 23.8 Å². The van der Waals surface area contributed by atoms with Gasteiger partial charge in [0.25, 0.3) is 0 Å². The molecule has 32 heavy (non-hydrogen) atoms. The zero-order valence-electron chi connectivity index (χ0n) is 18.1. The Balaban J connectivity index is 1.59. The molecule has 0 aliphatic heterocycles. The van der Waals surface area contributed by atoms with Gasteiger partial charge in [0.1, 0.15) is 11.9 Å². The Morgan fingerprint density at radius 2 is 2.03 bits per heavy atom. The number of halogens is 2. The lowest BCUT2D eigenvalue weighted by atomic mass is 9.56. The lowest BCUT2D eigenvalue weighted by molar-refractivity contribution is -0.168. The molecule has 7 nitrogen and oxygen atoms in total. The number of carbonyl (C=O) groups is 2. The van der Waals surface area contributed by atoms with E-state index in [1.165, 1.54) is 12.1 Å². The van der Waals surface area contributed by atoms with Gasteiger partial charge in [-0.05, 0) is 73.0 Å². The molecule has 3 fully saturated rings. The van der Waals surface area contributed by atoms with Crippen LogP contribution in [0, 0.1) is 16.1 Å². The quantitative estimate of drug-likeness (QED) is 0.274. The molecule has 2 bridgehead atoms.